The number of carbonyl (C=O) groups excluding carboxylic acids is 1. The van der Waals surface area contributed by atoms with Crippen molar-refractivity contribution in [2.24, 2.45) is 0 Å². The van der Waals surface area contributed by atoms with Gasteiger partial charge < -0.3 is 19.9 Å². The Hall–Kier alpha value is -2.50. The standard InChI is InChI=1S/C23H27ClN2O7S/c24-17-8-10-19(11-9-17)34(30,31)26-20(15-33-22-6-1-2-13-32-22)23(29)25-18-5-3-4-16(14-18)7-12-21(27)28/h3-5,8-11,14,20,22,26H,1-2,6-7,12-13,15H2,(H,25,29)(H,27,28). The Labute approximate surface area is 203 Å². The van der Waals surface area contributed by atoms with Crippen LogP contribution >= 0.6 is 11.6 Å². The number of anilines is 1. The molecule has 0 spiro atoms. The number of hydrogen-bond donors (Lipinski definition) is 3. The zero-order valence-electron chi connectivity index (χ0n) is 18.4. The summed E-state index contributed by atoms with van der Waals surface area (Å²) in [5.41, 5.74) is 1.14. The molecule has 11 heteroatoms. The van der Waals surface area contributed by atoms with Crippen LogP contribution in [0.1, 0.15) is 31.2 Å². The van der Waals surface area contributed by atoms with Crippen molar-refractivity contribution in [1.82, 2.24) is 4.72 Å². The Morgan fingerprint density at radius 2 is 1.94 bits per heavy atom. The number of halogens is 1. The van der Waals surface area contributed by atoms with Gasteiger partial charge >= 0.3 is 5.97 Å². The highest BCUT2D eigenvalue weighted by molar-refractivity contribution is 7.89. The number of carboxylic acids is 1. The van der Waals surface area contributed by atoms with Crippen LogP contribution < -0.4 is 10.0 Å². The van der Waals surface area contributed by atoms with E-state index >= 15 is 0 Å². The molecule has 184 valence electrons. The Balaban J connectivity index is 1.73. The first-order valence-corrected chi connectivity index (χ1v) is 12.7. The lowest BCUT2D eigenvalue weighted by atomic mass is 10.1. The average molecular weight is 511 g/mol. The van der Waals surface area contributed by atoms with Crippen molar-refractivity contribution >= 4 is 39.2 Å². The van der Waals surface area contributed by atoms with Gasteiger partial charge in [0.25, 0.3) is 0 Å². The van der Waals surface area contributed by atoms with Gasteiger partial charge in [0, 0.05) is 23.7 Å². The first-order valence-electron chi connectivity index (χ1n) is 10.9. The molecule has 1 aliphatic rings. The molecule has 34 heavy (non-hydrogen) atoms. The number of hydrogen-bond acceptors (Lipinski definition) is 6. The number of nitrogens with one attached hydrogen (secondary N) is 2. The maximum Gasteiger partial charge on any atom is 0.303 e. The number of carbonyl (C=O) groups is 2. The molecule has 2 atom stereocenters. The maximum atomic E-state index is 13.1. The van der Waals surface area contributed by atoms with E-state index in [1.807, 2.05) is 0 Å². The molecule has 9 nitrogen and oxygen atoms in total. The average Bonchev–Trinajstić information content (AvgIpc) is 2.81. The first-order chi connectivity index (χ1) is 16.2. The number of benzene rings is 2. The van der Waals surface area contributed by atoms with Crippen LogP contribution in [-0.2, 0) is 35.5 Å². The van der Waals surface area contributed by atoms with Crippen molar-refractivity contribution in [1.29, 1.82) is 0 Å². The van der Waals surface area contributed by atoms with Crippen molar-refractivity contribution in [3.63, 3.8) is 0 Å². The topological polar surface area (TPSA) is 131 Å². The van der Waals surface area contributed by atoms with Gasteiger partial charge in [0.05, 0.1) is 11.5 Å². The van der Waals surface area contributed by atoms with Gasteiger partial charge in [0.15, 0.2) is 6.29 Å². The molecule has 1 fully saturated rings. The third-order valence-corrected chi connectivity index (χ3v) is 6.89. The van der Waals surface area contributed by atoms with Gasteiger partial charge in [0.1, 0.15) is 6.04 Å². The van der Waals surface area contributed by atoms with Crippen LogP contribution in [0.2, 0.25) is 5.02 Å². The molecule has 0 bridgehead atoms. The van der Waals surface area contributed by atoms with E-state index in [1.165, 1.54) is 24.3 Å². The second-order valence-electron chi connectivity index (χ2n) is 7.84. The SMILES string of the molecule is O=C(O)CCc1cccc(NC(=O)C(COC2CCCCO2)NS(=O)(=O)c2ccc(Cl)cc2)c1. The zero-order chi connectivity index (χ0) is 24.6. The van der Waals surface area contributed by atoms with Gasteiger partial charge in [-0.15, -0.1) is 0 Å². The summed E-state index contributed by atoms with van der Waals surface area (Å²) in [6.07, 6.45) is 2.24. The predicted molar refractivity (Wildman–Crippen MR) is 126 cm³/mol. The maximum absolute atomic E-state index is 13.1. The highest BCUT2D eigenvalue weighted by Crippen LogP contribution is 2.18. The fourth-order valence-corrected chi connectivity index (χ4v) is 4.67. The minimum atomic E-state index is -4.05. The Bertz CT molecular complexity index is 1090. The molecule has 1 aliphatic heterocycles. The molecule has 0 aromatic heterocycles. The highest BCUT2D eigenvalue weighted by Gasteiger charge is 2.28. The van der Waals surface area contributed by atoms with E-state index in [-0.39, 0.29) is 17.9 Å². The Morgan fingerprint density at radius 1 is 1.18 bits per heavy atom. The summed E-state index contributed by atoms with van der Waals surface area (Å²) in [6, 6.07) is 11.1. The molecule has 3 N–H and O–H groups in total. The van der Waals surface area contributed by atoms with E-state index in [0.717, 1.165) is 18.4 Å². The third-order valence-electron chi connectivity index (χ3n) is 5.15. The van der Waals surface area contributed by atoms with Crippen molar-refractivity contribution < 1.29 is 32.6 Å². The normalized spacial score (nSPS) is 17.1. The number of ether oxygens (including phenoxy) is 2. The van der Waals surface area contributed by atoms with Gasteiger partial charge in [-0.2, -0.15) is 4.72 Å². The van der Waals surface area contributed by atoms with Crippen LogP contribution in [0.3, 0.4) is 0 Å². The van der Waals surface area contributed by atoms with E-state index in [2.05, 4.69) is 10.0 Å². The minimum absolute atomic E-state index is 0.0423. The van der Waals surface area contributed by atoms with Crippen molar-refractivity contribution in [2.45, 2.75) is 49.3 Å². The van der Waals surface area contributed by atoms with Gasteiger partial charge in [-0.05, 0) is 67.6 Å². The van der Waals surface area contributed by atoms with Gasteiger partial charge in [-0.1, -0.05) is 23.7 Å². The smallest absolute Gasteiger partial charge is 0.303 e. The molecule has 1 amide bonds. The lowest BCUT2D eigenvalue weighted by molar-refractivity contribution is -0.166. The van der Waals surface area contributed by atoms with Crippen LogP contribution in [0.15, 0.2) is 53.4 Å². The van der Waals surface area contributed by atoms with Gasteiger partial charge in [0.2, 0.25) is 15.9 Å². The fourth-order valence-electron chi connectivity index (χ4n) is 3.36. The number of carboxylic acid groups (broad SMARTS) is 1. The van der Waals surface area contributed by atoms with Crippen molar-refractivity contribution in [3.05, 3.63) is 59.1 Å². The summed E-state index contributed by atoms with van der Waals surface area (Å²) in [4.78, 5) is 23.8. The van der Waals surface area contributed by atoms with Gasteiger partial charge in [-0.3, -0.25) is 9.59 Å². The second kappa shape index (κ2) is 12.3. The second-order valence-corrected chi connectivity index (χ2v) is 9.99. The molecule has 1 saturated heterocycles. The number of sulfonamides is 1. The van der Waals surface area contributed by atoms with E-state index < -0.39 is 34.2 Å². The highest BCUT2D eigenvalue weighted by atomic mass is 35.5. The summed E-state index contributed by atoms with van der Waals surface area (Å²) in [5, 5.41) is 11.9. The molecule has 1 heterocycles. The number of amides is 1. The number of aryl methyl sites for hydroxylation is 1. The van der Waals surface area contributed by atoms with Crippen molar-refractivity contribution in [2.75, 3.05) is 18.5 Å². The summed E-state index contributed by atoms with van der Waals surface area (Å²) in [7, 11) is -4.05. The molecule has 3 rings (SSSR count). The van der Waals surface area contributed by atoms with Gasteiger partial charge in [-0.25, -0.2) is 8.42 Å². The zero-order valence-corrected chi connectivity index (χ0v) is 20.0. The monoisotopic (exact) mass is 510 g/mol. The summed E-state index contributed by atoms with van der Waals surface area (Å²) < 4.78 is 39.4. The molecule has 2 unspecified atom stereocenters. The molecule has 0 aliphatic carbocycles. The van der Waals surface area contributed by atoms with Crippen LogP contribution in [0, 0.1) is 0 Å². The minimum Gasteiger partial charge on any atom is -0.481 e. The lowest BCUT2D eigenvalue weighted by Crippen LogP contribution is -2.47. The van der Waals surface area contributed by atoms with Crippen LogP contribution in [-0.4, -0.2) is 50.9 Å². The summed E-state index contributed by atoms with van der Waals surface area (Å²) in [5.74, 6) is -1.54. The largest absolute Gasteiger partial charge is 0.481 e. The number of rotatable bonds is 11. The summed E-state index contributed by atoms with van der Waals surface area (Å²) in [6.45, 7) is 0.309. The Morgan fingerprint density at radius 3 is 2.62 bits per heavy atom. The Kier molecular flexibility index (Phi) is 9.43. The third kappa shape index (κ3) is 8.07. The van der Waals surface area contributed by atoms with Crippen LogP contribution in [0.5, 0.6) is 0 Å². The van der Waals surface area contributed by atoms with E-state index in [9.17, 15) is 18.0 Å². The van der Waals surface area contributed by atoms with Crippen LogP contribution in [0.25, 0.3) is 0 Å². The number of aliphatic carboxylic acids is 1. The van der Waals surface area contributed by atoms with E-state index in [1.54, 1.807) is 24.3 Å². The molecule has 2 aromatic carbocycles. The molecule has 0 saturated carbocycles. The predicted octanol–water partition coefficient (Wildman–Crippen LogP) is 3.19. The van der Waals surface area contributed by atoms with E-state index in [4.69, 9.17) is 26.2 Å². The first kappa shape index (κ1) is 26.1. The molecular formula is C23H27ClN2O7S. The van der Waals surface area contributed by atoms with E-state index in [0.29, 0.717) is 30.2 Å². The molecule has 0 radical (unpaired) electrons. The van der Waals surface area contributed by atoms with Crippen molar-refractivity contribution in [3.8, 4) is 0 Å². The lowest BCUT2D eigenvalue weighted by Gasteiger charge is -2.25. The molecule has 2 aromatic rings. The molecular weight excluding hydrogens is 484 g/mol. The quantitative estimate of drug-likeness (QED) is 0.423. The fraction of sp³-hybridized carbons (Fsp3) is 0.391. The summed E-state index contributed by atoms with van der Waals surface area (Å²) >= 11 is 5.85. The van der Waals surface area contributed by atoms with Crippen LogP contribution in [0.4, 0.5) is 5.69 Å².